The molecule has 1 unspecified atom stereocenters. The van der Waals surface area contributed by atoms with Crippen molar-refractivity contribution in [3.63, 3.8) is 0 Å². The first-order valence-electron chi connectivity index (χ1n) is 10.2. The summed E-state index contributed by atoms with van der Waals surface area (Å²) >= 11 is 0. The zero-order valence-corrected chi connectivity index (χ0v) is 18.4. The molecule has 2 N–H and O–H groups in total. The summed E-state index contributed by atoms with van der Waals surface area (Å²) in [6, 6.07) is 11.5. The first kappa shape index (κ1) is 21.8. The molecular weight excluding hydrogens is 380 g/mol. The Bertz CT molecular complexity index is 911. The van der Waals surface area contributed by atoms with Crippen LogP contribution in [-0.2, 0) is 9.59 Å². The van der Waals surface area contributed by atoms with Crippen molar-refractivity contribution in [2.45, 2.75) is 45.7 Å². The lowest BCUT2D eigenvalue weighted by Gasteiger charge is -2.23. The van der Waals surface area contributed by atoms with Gasteiger partial charge in [-0.25, -0.2) is 5.01 Å². The van der Waals surface area contributed by atoms with E-state index in [1.807, 2.05) is 71.1 Å². The summed E-state index contributed by atoms with van der Waals surface area (Å²) in [6.45, 7) is 8.23. The maximum atomic E-state index is 13.1. The van der Waals surface area contributed by atoms with Crippen molar-refractivity contribution in [2.24, 2.45) is 5.10 Å². The van der Waals surface area contributed by atoms with Crippen LogP contribution in [0.2, 0.25) is 0 Å². The largest absolute Gasteiger partial charge is 0.467 e. The van der Waals surface area contributed by atoms with Gasteiger partial charge in [0.25, 0.3) is 11.8 Å². The first-order chi connectivity index (χ1) is 14.1. The molecule has 0 fully saturated rings. The van der Waals surface area contributed by atoms with Crippen molar-refractivity contribution in [2.75, 3.05) is 20.1 Å². The van der Waals surface area contributed by atoms with Crippen molar-refractivity contribution in [3.05, 3.63) is 59.5 Å². The van der Waals surface area contributed by atoms with E-state index in [-0.39, 0.29) is 36.5 Å². The summed E-state index contributed by atoms with van der Waals surface area (Å²) in [5.41, 5.74) is 2.73. The Morgan fingerprint density at radius 1 is 1.20 bits per heavy atom. The number of hydrogen-bond donors (Lipinski definition) is 2. The third-order valence-electron chi connectivity index (χ3n) is 4.85. The zero-order valence-electron chi connectivity index (χ0n) is 18.4. The minimum Gasteiger partial charge on any atom is -0.467 e. The average Bonchev–Trinajstić information content (AvgIpc) is 3.30. The number of quaternary nitrogens is 1. The van der Waals surface area contributed by atoms with Gasteiger partial charge in [-0.15, -0.1) is 0 Å². The number of amides is 2. The van der Waals surface area contributed by atoms with E-state index in [2.05, 4.69) is 10.4 Å². The highest BCUT2D eigenvalue weighted by Gasteiger charge is 2.36. The molecule has 2 aromatic rings. The SMILES string of the molecule is Cc1ccc(C2=NN(C(=O)C[NH+](C)CC(=O)NC(C)(C)C)[C@H](c3ccco3)C2)cc1. The normalized spacial score (nSPS) is 17.6. The molecular formula is C23H31N4O3+. The molecule has 0 aliphatic carbocycles. The van der Waals surface area contributed by atoms with Gasteiger partial charge in [-0.2, -0.15) is 5.10 Å². The Morgan fingerprint density at radius 2 is 1.90 bits per heavy atom. The highest BCUT2D eigenvalue weighted by Crippen LogP contribution is 2.32. The van der Waals surface area contributed by atoms with E-state index >= 15 is 0 Å². The van der Waals surface area contributed by atoms with Crippen molar-refractivity contribution in [1.82, 2.24) is 10.3 Å². The van der Waals surface area contributed by atoms with Gasteiger partial charge < -0.3 is 14.6 Å². The second-order valence-corrected chi connectivity index (χ2v) is 9.00. The molecule has 0 spiro atoms. The second kappa shape index (κ2) is 8.83. The van der Waals surface area contributed by atoms with Crippen LogP contribution in [0.15, 0.2) is 52.2 Å². The molecule has 0 radical (unpaired) electrons. The van der Waals surface area contributed by atoms with Gasteiger partial charge in [-0.3, -0.25) is 9.59 Å². The van der Waals surface area contributed by atoms with Crippen LogP contribution < -0.4 is 10.2 Å². The van der Waals surface area contributed by atoms with E-state index in [4.69, 9.17) is 4.42 Å². The fraction of sp³-hybridized carbons (Fsp3) is 0.435. The summed E-state index contributed by atoms with van der Waals surface area (Å²) in [6.07, 6.45) is 2.20. The molecule has 0 saturated heterocycles. The molecule has 3 rings (SSSR count). The summed E-state index contributed by atoms with van der Waals surface area (Å²) in [7, 11) is 1.84. The number of aryl methyl sites for hydroxylation is 1. The van der Waals surface area contributed by atoms with Crippen LogP contribution in [0.25, 0.3) is 0 Å². The minimum atomic E-state index is -0.298. The third-order valence-corrected chi connectivity index (χ3v) is 4.85. The van der Waals surface area contributed by atoms with Gasteiger partial charge in [-0.05, 0) is 45.4 Å². The molecule has 0 bridgehead atoms. The quantitative estimate of drug-likeness (QED) is 0.759. The Kier molecular flexibility index (Phi) is 6.41. The highest BCUT2D eigenvalue weighted by molar-refractivity contribution is 6.03. The molecule has 1 aliphatic rings. The van der Waals surface area contributed by atoms with Crippen LogP contribution in [0.4, 0.5) is 0 Å². The minimum absolute atomic E-state index is 0.0827. The van der Waals surface area contributed by atoms with Crippen LogP contribution in [0.1, 0.15) is 50.1 Å². The Labute approximate surface area is 177 Å². The van der Waals surface area contributed by atoms with E-state index in [9.17, 15) is 9.59 Å². The number of hydrogen-bond acceptors (Lipinski definition) is 4. The number of carbonyl (C=O) groups excluding carboxylic acids is 2. The molecule has 1 aliphatic heterocycles. The lowest BCUT2D eigenvalue weighted by atomic mass is 10.0. The zero-order chi connectivity index (χ0) is 21.9. The standard InChI is InChI=1S/C23H30N4O3/c1-16-8-10-17(11-9-16)18-13-19(20-7-6-12-30-20)27(25-18)22(29)15-26(5)14-21(28)24-23(2,3)4/h6-12,19H,13-15H2,1-5H3,(H,24,28)/p+1/t19-/m0/s1. The smallest absolute Gasteiger partial charge is 0.298 e. The van der Waals surface area contributed by atoms with Crippen LogP contribution >= 0.6 is 0 Å². The van der Waals surface area contributed by atoms with Gasteiger partial charge in [0.2, 0.25) is 0 Å². The average molecular weight is 412 g/mol. The summed E-state index contributed by atoms with van der Waals surface area (Å²) < 4.78 is 5.59. The number of hydrazone groups is 1. The van der Waals surface area contributed by atoms with Crippen LogP contribution in [0.5, 0.6) is 0 Å². The molecule has 7 nitrogen and oxygen atoms in total. The van der Waals surface area contributed by atoms with Crippen LogP contribution in [-0.4, -0.2) is 48.2 Å². The monoisotopic (exact) mass is 411 g/mol. The van der Waals surface area contributed by atoms with Gasteiger partial charge in [0.15, 0.2) is 13.1 Å². The number of nitrogens with one attached hydrogen (secondary N) is 2. The summed E-state index contributed by atoms with van der Waals surface area (Å²) in [5, 5.41) is 9.09. The van der Waals surface area contributed by atoms with E-state index in [0.717, 1.165) is 16.2 Å². The highest BCUT2D eigenvalue weighted by atomic mass is 16.3. The Hall–Kier alpha value is -2.93. The maximum absolute atomic E-state index is 13.1. The first-order valence-corrected chi connectivity index (χ1v) is 10.2. The van der Waals surface area contributed by atoms with E-state index in [0.29, 0.717) is 12.2 Å². The number of rotatable bonds is 6. The summed E-state index contributed by atoms with van der Waals surface area (Å²) in [4.78, 5) is 26.1. The fourth-order valence-electron chi connectivity index (χ4n) is 3.50. The molecule has 1 aromatic heterocycles. The molecule has 2 amide bonds. The number of nitrogens with zero attached hydrogens (tertiary/aromatic N) is 2. The molecule has 0 saturated carbocycles. The Balaban J connectivity index is 1.73. The second-order valence-electron chi connectivity index (χ2n) is 9.00. The van der Waals surface area contributed by atoms with Gasteiger partial charge >= 0.3 is 0 Å². The number of furan rings is 1. The van der Waals surface area contributed by atoms with Gasteiger partial charge in [0.05, 0.1) is 19.0 Å². The van der Waals surface area contributed by atoms with Crippen LogP contribution in [0.3, 0.4) is 0 Å². The molecule has 2 heterocycles. The van der Waals surface area contributed by atoms with E-state index in [1.165, 1.54) is 10.6 Å². The molecule has 30 heavy (non-hydrogen) atoms. The fourth-order valence-corrected chi connectivity index (χ4v) is 3.50. The van der Waals surface area contributed by atoms with Gasteiger partial charge in [-0.1, -0.05) is 29.8 Å². The van der Waals surface area contributed by atoms with Crippen molar-refractivity contribution >= 4 is 17.5 Å². The van der Waals surface area contributed by atoms with E-state index in [1.54, 1.807) is 6.26 Å². The Morgan fingerprint density at radius 3 is 2.50 bits per heavy atom. The van der Waals surface area contributed by atoms with Crippen molar-refractivity contribution in [1.29, 1.82) is 0 Å². The topological polar surface area (TPSA) is 79.3 Å². The molecule has 1 aromatic carbocycles. The predicted octanol–water partition coefficient (Wildman–Crippen LogP) is 1.70. The molecule has 160 valence electrons. The lowest BCUT2D eigenvalue weighted by Crippen LogP contribution is -3.11. The van der Waals surface area contributed by atoms with E-state index < -0.39 is 0 Å². The third kappa shape index (κ3) is 5.57. The number of carbonyl (C=O) groups is 2. The van der Waals surface area contributed by atoms with Gasteiger partial charge in [0.1, 0.15) is 11.8 Å². The van der Waals surface area contributed by atoms with Crippen molar-refractivity contribution in [3.8, 4) is 0 Å². The lowest BCUT2D eigenvalue weighted by molar-refractivity contribution is -0.863. The maximum Gasteiger partial charge on any atom is 0.298 e. The summed E-state index contributed by atoms with van der Waals surface area (Å²) in [5.74, 6) is 0.484. The molecule has 2 atom stereocenters. The number of benzene rings is 1. The molecule has 7 heteroatoms. The van der Waals surface area contributed by atoms with Crippen molar-refractivity contribution < 1.29 is 18.9 Å². The van der Waals surface area contributed by atoms with Crippen LogP contribution in [0, 0.1) is 6.92 Å². The predicted molar refractivity (Wildman–Crippen MR) is 115 cm³/mol. The van der Waals surface area contributed by atoms with Gasteiger partial charge in [0, 0.05) is 12.0 Å². The number of likely N-dealkylation sites (N-methyl/N-ethyl adjacent to an activating group) is 1.